The molecule has 0 saturated carbocycles. The molecule has 0 heterocycles. The van der Waals surface area contributed by atoms with Gasteiger partial charge in [-0.1, -0.05) is 36.4 Å². The third-order valence-corrected chi connectivity index (χ3v) is 3.98. The van der Waals surface area contributed by atoms with E-state index in [-0.39, 0.29) is 12.5 Å². The third-order valence-electron chi connectivity index (χ3n) is 3.98. The van der Waals surface area contributed by atoms with Gasteiger partial charge in [-0.15, -0.1) is 0 Å². The standard InChI is InChI=1S/C23H24N2O3/c1-2-27-22-10-6-9-20(15-22)24-16-23(26)25-19-11-13-21(14-12-19)28-17-18-7-4-3-5-8-18/h3-15,24H,2,16-17H2,1H3,(H,25,26). The van der Waals surface area contributed by atoms with Crippen LogP contribution < -0.4 is 20.1 Å². The van der Waals surface area contributed by atoms with Crippen LogP contribution in [0.25, 0.3) is 0 Å². The average Bonchev–Trinajstić information content (AvgIpc) is 2.73. The van der Waals surface area contributed by atoms with Crippen molar-refractivity contribution in [1.29, 1.82) is 0 Å². The maximum atomic E-state index is 12.2. The Labute approximate surface area is 165 Å². The van der Waals surface area contributed by atoms with E-state index in [1.165, 1.54) is 0 Å². The van der Waals surface area contributed by atoms with Gasteiger partial charge in [0.05, 0.1) is 13.2 Å². The first-order chi connectivity index (χ1) is 13.7. The van der Waals surface area contributed by atoms with Crippen LogP contribution in [0.1, 0.15) is 12.5 Å². The second-order valence-electron chi connectivity index (χ2n) is 6.16. The monoisotopic (exact) mass is 376 g/mol. The van der Waals surface area contributed by atoms with E-state index in [9.17, 15) is 4.79 Å². The molecule has 0 radical (unpaired) electrons. The topological polar surface area (TPSA) is 59.6 Å². The Morgan fingerprint density at radius 3 is 2.36 bits per heavy atom. The molecule has 0 fully saturated rings. The molecule has 3 rings (SSSR count). The summed E-state index contributed by atoms with van der Waals surface area (Å²) in [6.45, 7) is 3.22. The third kappa shape index (κ3) is 6.06. The summed E-state index contributed by atoms with van der Waals surface area (Å²) in [4.78, 5) is 12.2. The maximum absolute atomic E-state index is 12.2. The maximum Gasteiger partial charge on any atom is 0.243 e. The van der Waals surface area contributed by atoms with Gasteiger partial charge in [-0.05, 0) is 48.9 Å². The quantitative estimate of drug-likeness (QED) is 0.568. The van der Waals surface area contributed by atoms with E-state index in [1.807, 2.05) is 85.8 Å². The number of ether oxygens (including phenoxy) is 2. The van der Waals surface area contributed by atoms with E-state index in [4.69, 9.17) is 9.47 Å². The fourth-order valence-corrected chi connectivity index (χ4v) is 2.63. The van der Waals surface area contributed by atoms with Crippen molar-refractivity contribution in [2.75, 3.05) is 23.8 Å². The number of nitrogens with one attached hydrogen (secondary N) is 2. The predicted octanol–water partition coefficient (Wildman–Crippen LogP) is 4.71. The second kappa shape index (κ2) is 10.0. The van der Waals surface area contributed by atoms with Crippen molar-refractivity contribution < 1.29 is 14.3 Å². The lowest BCUT2D eigenvalue weighted by Crippen LogP contribution is -2.21. The number of benzene rings is 3. The fraction of sp³-hybridized carbons (Fsp3) is 0.174. The van der Waals surface area contributed by atoms with Gasteiger partial charge >= 0.3 is 0 Å². The van der Waals surface area contributed by atoms with Crippen LogP contribution in [0.15, 0.2) is 78.9 Å². The molecule has 0 atom stereocenters. The molecule has 2 N–H and O–H groups in total. The zero-order valence-electron chi connectivity index (χ0n) is 15.9. The first kappa shape index (κ1) is 19.3. The zero-order valence-corrected chi connectivity index (χ0v) is 15.9. The summed E-state index contributed by atoms with van der Waals surface area (Å²) in [5, 5.41) is 5.96. The van der Waals surface area contributed by atoms with Crippen molar-refractivity contribution in [2.24, 2.45) is 0 Å². The molecule has 0 aliphatic rings. The lowest BCUT2D eigenvalue weighted by molar-refractivity contribution is -0.114. The van der Waals surface area contributed by atoms with Crippen molar-refractivity contribution in [3.63, 3.8) is 0 Å². The first-order valence-electron chi connectivity index (χ1n) is 9.26. The first-order valence-corrected chi connectivity index (χ1v) is 9.26. The highest BCUT2D eigenvalue weighted by Crippen LogP contribution is 2.18. The number of hydrogen-bond donors (Lipinski definition) is 2. The lowest BCUT2D eigenvalue weighted by Gasteiger charge is -2.10. The Morgan fingerprint density at radius 1 is 0.821 bits per heavy atom. The highest BCUT2D eigenvalue weighted by Gasteiger charge is 2.04. The van der Waals surface area contributed by atoms with Crippen LogP contribution in [0.2, 0.25) is 0 Å². The number of carbonyl (C=O) groups is 1. The molecule has 144 valence electrons. The molecule has 0 aliphatic heterocycles. The summed E-state index contributed by atoms with van der Waals surface area (Å²) in [7, 11) is 0. The summed E-state index contributed by atoms with van der Waals surface area (Å²) < 4.78 is 11.2. The fourth-order valence-electron chi connectivity index (χ4n) is 2.63. The van der Waals surface area contributed by atoms with Crippen molar-refractivity contribution >= 4 is 17.3 Å². The Morgan fingerprint density at radius 2 is 1.61 bits per heavy atom. The summed E-state index contributed by atoms with van der Waals surface area (Å²) in [6.07, 6.45) is 0. The zero-order chi connectivity index (χ0) is 19.6. The van der Waals surface area contributed by atoms with Gasteiger partial charge in [0.15, 0.2) is 0 Å². The molecule has 1 amide bonds. The van der Waals surface area contributed by atoms with Crippen molar-refractivity contribution in [3.8, 4) is 11.5 Å². The van der Waals surface area contributed by atoms with E-state index in [1.54, 1.807) is 0 Å². The van der Waals surface area contributed by atoms with Crippen LogP contribution in [0, 0.1) is 0 Å². The SMILES string of the molecule is CCOc1cccc(NCC(=O)Nc2ccc(OCc3ccccc3)cc2)c1. The largest absolute Gasteiger partial charge is 0.494 e. The van der Waals surface area contributed by atoms with E-state index in [0.29, 0.717) is 13.2 Å². The summed E-state index contributed by atoms with van der Waals surface area (Å²) in [5.41, 5.74) is 2.67. The Bertz CT molecular complexity index is 880. The van der Waals surface area contributed by atoms with Crippen molar-refractivity contribution in [1.82, 2.24) is 0 Å². The minimum atomic E-state index is -0.125. The van der Waals surface area contributed by atoms with Crippen molar-refractivity contribution in [2.45, 2.75) is 13.5 Å². The Kier molecular flexibility index (Phi) is 6.90. The predicted molar refractivity (Wildman–Crippen MR) is 112 cm³/mol. The minimum Gasteiger partial charge on any atom is -0.494 e. The van der Waals surface area contributed by atoms with Gasteiger partial charge in [0.25, 0.3) is 0 Å². The van der Waals surface area contributed by atoms with E-state index < -0.39 is 0 Å². The average molecular weight is 376 g/mol. The van der Waals surface area contributed by atoms with E-state index >= 15 is 0 Å². The minimum absolute atomic E-state index is 0.125. The second-order valence-corrected chi connectivity index (χ2v) is 6.16. The van der Waals surface area contributed by atoms with Gasteiger partial charge < -0.3 is 20.1 Å². The molecule has 3 aromatic rings. The number of hydrogen-bond acceptors (Lipinski definition) is 4. The van der Waals surface area contributed by atoms with Crippen molar-refractivity contribution in [3.05, 3.63) is 84.4 Å². The molecule has 0 aliphatic carbocycles. The van der Waals surface area contributed by atoms with Gasteiger partial charge in [0.1, 0.15) is 18.1 Å². The van der Waals surface area contributed by atoms with Gasteiger partial charge in [-0.25, -0.2) is 0 Å². The van der Waals surface area contributed by atoms with E-state index in [2.05, 4.69) is 10.6 Å². The van der Waals surface area contributed by atoms with Gasteiger partial charge in [-0.2, -0.15) is 0 Å². The van der Waals surface area contributed by atoms with Crippen LogP contribution in [-0.4, -0.2) is 19.1 Å². The summed E-state index contributed by atoms with van der Waals surface area (Å²) in [6, 6.07) is 24.9. The number of carbonyl (C=O) groups excluding carboxylic acids is 1. The molecule has 0 spiro atoms. The van der Waals surface area contributed by atoms with Gasteiger partial charge in [0, 0.05) is 17.4 Å². The molecular weight excluding hydrogens is 352 g/mol. The molecule has 0 saturated heterocycles. The number of anilines is 2. The molecule has 5 heteroatoms. The molecule has 0 aromatic heterocycles. The summed E-state index contributed by atoms with van der Waals surface area (Å²) >= 11 is 0. The van der Waals surface area contributed by atoms with Crippen LogP contribution in [0.5, 0.6) is 11.5 Å². The molecule has 0 unspecified atom stereocenters. The summed E-state index contributed by atoms with van der Waals surface area (Å²) in [5.74, 6) is 1.41. The van der Waals surface area contributed by atoms with Crippen LogP contribution in [0.3, 0.4) is 0 Å². The van der Waals surface area contributed by atoms with Crippen LogP contribution in [0.4, 0.5) is 11.4 Å². The lowest BCUT2D eigenvalue weighted by atomic mass is 10.2. The van der Waals surface area contributed by atoms with E-state index in [0.717, 1.165) is 28.4 Å². The van der Waals surface area contributed by atoms with Crippen LogP contribution >= 0.6 is 0 Å². The molecule has 5 nitrogen and oxygen atoms in total. The highest BCUT2D eigenvalue weighted by atomic mass is 16.5. The number of rotatable bonds is 9. The highest BCUT2D eigenvalue weighted by molar-refractivity contribution is 5.93. The van der Waals surface area contributed by atoms with Crippen LogP contribution in [-0.2, 0) is 11.4 Å². The molecule has 3 aromatic carbocycles. The van der Waals surface area contributed by atoms with Gasteiger partial charge in [-0.3, -0.25) is 4.79 Å². The van der Waals surface area contributed by atoms with Gasteiger partial charge in [0.2, 0.25) is 5.91 Å². The molecule has 28 heavy (non-hydrogen) atoms. The smallest absolute Gasteiger partial charge is 0.243 e. The number of amides is 1. The normalized spacial score (nSPS) is 10.2. The Balaban J connectivity index is 1.45. The molecule has 0 bridgehead atoms. The molecular formula is C23H24N2O3. The Hall–Kier alpha value is -3.47.